The van der Waals surface area contributed by atoms with Crippen molar-refractivity contribution in [1.29, 1.82) is 0 Å². The maximum Gasteiger partial charge on any atom is 0.169 e. The zero-order chi connectivity index (χ0) is 19.8. The van der Waals surface area contributed by atoms with Crippen LogP contribution in [0.2, 0.25) is 0 Å². The molecule has 0 saturated carbocycles. The van der Waals surface area contributed by atoms with Crippen LogP contribution in [0.3, 0.4) is 0 Å². The van der Waals surface area contributed by atoms with Gasteiger partial charge in [0.05, 0.1) is 20.3 Å². The van der Waals surface area contributed by atoms with Crippen molar-refractivity contribution in [3.05, 3.63) is 53.9 Å². The molecular weight excluding hydrogens is 374 g/mol. The molecule has 150 valence electrons. The van der Waals surface area contributed by atoms with E-state index in [1.807, 2.05) is 36.5 Å². The van der Waals surface area contributed by atoms with Gasteiger partial charge in [-0.3, -0.25) is 4.98 Å². The summed E-state index contributed by atoms with van der Waals surface area (Å²) in [4.78, 5) is 6.33. The van der Waals surface area contributed by atoms with Crippen LogP contribution in [0.1, 0.15) is 24.0 Å². The van der Waals surface area contributed by atoms with Crippen LogP contribution in [0.25, 0.3) is 0 Å². The molecule has 1 atom stereocenters. The Kier molecular flexibility index (Phi) is 7.45. The van der Waals surface area contributed by atoms with Crippen LogP contribution in [-0.2, 0) is 17.8 Å². The number of pyridine rings is 1. The van der Waals surface area contributed by atoms with Gasteiger partial charge in [-0.25, -0.2) is 0 Å². The summed E-state index contributed by atoms with van der Waals surface area (Å²) < 4.78 is 16.6. The van der Waals surface area contributed by atoms with Gasteiger partial charge in [-0.1, -0.05) is 6.07 Å². The molecule has 2 heterocycles. The van der Waals surface area contributed by atoms with Gasteiger partial charge in [0, 0.05) is 50.3 Å². The summed E-state index contributed by atoms with van der Waals surface area (Å²) in [6, 6.07) is 9.82. The van der Waals surface area contributed by atoms with Crippen LogP contribution in [-0.4, -0.2) is 48.5 Å². The number of methoxy groups -OCH3 is 2. The number of hydrogen-bond donors (Lipinski definition) is 1. The van der Waals surface area contributed by atoms with Crippen molar-refractivity contribution in [2.45, 2.75) is 32.0 Å². The third-order valence-corrected chi connectivity index (χ3v) is 5.15. The molecule has 1 N–H and O–H groups in total. The van der Waals surface area contributed by atoms with E-state index in [0.717, 1.165) is 48.6 Å². The van der Waals surface area contributed by atoms with Crippen molar-refractivity contribution < 1.29 is 14.2 Å². The molecule has 28 heavy (non-hydrogen) atoms. The lowest BCUT2D eigenvalue weighted by molar-refractivity contribution is 0.113. The van der Waals surface area contributed by atoms with E-state index in [-0.39, 0.29) is 6.10 Å². The number of nitrogens with one attached hydrogen (secondary N) is 1. The lowest BCUT2D eigenvalue weighted by Gasteiger charge is -2.27. The number of benzene rings is 1. The molecule has 1 saturated heterocycles. The van der Waals surface area contributed by atoms with Gasteiger partial charge in [0.2, 0.25) is 0 Å². The predicted molar refractivity (Wildman–Crippen MR) is 113 cm³/mol. The molecule has 0 spiro atoms. The van der Waals surface area contributed by atoms with Crippen molar-refractivity contribution >= 4 is 17.3 Å². The molecule has 1 aliphatic rings. The van der Waals surface area contributed by atoms with E-state index in [4.69, 9.17) is 26.4 Å². The van der Waals surface area contributed by atoms with E-state index in [1.165, 1.54) is 0 Å². The highest BCUT2D eigenvalue weighted by atomic mass is 32.1. The number of hydrogen-bond acceptors (Lipinski definition) is 5. The summed E-state index contributed by atoms with van der Waals surface area (Å²) in [5.41, 5.74) is 2.13. The Balaban J connectivity index is 1.74. The van der Waals surface area contributed by atoms with Crippen molar-refractivity contribution in [2.24, 2.45) is 0 Å². The second kappa shape index (κ2) is 10.2. The predicted octanol–water partition coefficient (Wildman–Crippen LogP) is 3.15. The average Bonchev–Trinajstić information content (AvgIpc) is 3.26. The van der Waals surface area contributed by atoms with E-state index in [9.17, 15) is 0 Å². The quantitative estimate of drug-likeness (QED) is 0.682. The Bertz CT molecular complexity index is 767. The fourth-order valence-corrected chi connectivity index (χ4v) is 3.43. The van der Waals surface area contributed by atoms with Gasteiger partial charge < -0.3 is 24.4 Å². The van der Waals surface area contributed by atoms with Gasteiger partial charge in [0.1, 0.15) is 11.5 Å². The molecule has 1 aromatic carbocycles. The highest BCUT2D eigenvalue weighted by molar-refractivity contribution is 7.80. The molecule has 1 aromatic heterocycles. The highest BCUT2D eigenvalue weighted by Crippen LogP contribution is 2.26. The van der Waals surface area contributed by atoms with Crippen LogP contribution >= 0.6 is 12.2 Å². The maximum absolute atomic E-state index is 5.71. The summed E-state index contributed by atoms with van der Waals surface area (Å²) >= 11 is 5.71. The molecule has 0 aliphatic carbocycles. The largest absolute Gasteiger partial charge is 0.497 e. The molecule has 3 rings (SSSR count). The van der Waals surface area contributed by atoms with E-state index in [1.54, 1.807) is 20.4 Å². The van der Waals surface area contributed by atoms with Crippen LogP contribution in [0, 0.1) is 0 Å². The molecule has 0 amide bonds. The molecule has 0 radical (unpaired) electrons. The third-order valence-electron chi connectivity index (χ3n) is 4.74. The zero-order valence-corrected chi connectivity index (χ0v) is 17.2. The molecule has 1 aliphatic heterocycles. The summed E-state index contributed by atoms with van der Waals surface area (Å²) in [5.74, 6) is 1.54. The van der Waals surface area contributed by atoms with Crippen molar-refractivity contribution in [2.75, 3.05) is 27.4 Å². The fourth-order valence-electron chi connectivity index (χ4n) is 3.22. The monoisotopic (exact) mass is 401 g/mol. The van der Waals surface area contributed by atoms with Crippen LogP contribution < -0.4 is 14.8 Å². The Morgan fingerprint density at radius 2 is 2.18 bits per heavy atom. The average molecular weight is 402 g/mol. The normalized spacial score (nSPS) is 15.9. The highest BCUT2D eigenvalue weighted by Gasteiger charge is 2.19. The lowest BCUT2D eigenvalue weighted by Crippen LogP contribution is -2.42. The number of aromatic nitrogens is 1. The van der Waals surface area contributed by atoms with Crippen molar-refractivity contribution in [1.82, 2.24) is 15.2 Å². The Hall–Kier alpha value is -2.38. The number of nitrogens with zero attached hydrogens (tertiary/aromatic N) is 2. The smallest absolute Gasteiger partial charge is 0.169 e. The molecule has 0 unspecified atom stereocenters. The Labute approximate surface area is 171 Å². The molecule has 1 fully saturated rings. The maximum atomic E-state index is 5.71. The van der Waals surface area contributed by atoms with Gasteiger partial charge >= 0.3 is 0 Å². The third kappa shape index (κ3) is 5.56. The second-order valence-corrected chi connectivity index (χ2v) is 7.10. The molecular formula is C21H27N3O3S. The van der Waals surface area contributed by atoms with Gasteiger partial charge in [0.15, 0.2) is 5.11 Å². The van der Waals surface area contributed by atoms with Crippen LogP contribution in [0.15, 0.2) is 42.7 Å². The molecule has 0 bridgehead atoms. The standard InChI is InChI=1S/C21H27N3O3S/c1-25-18-8-7-17(20(11-18)26-2)15-24(14-16-5-3-9-22-12-16)21(28)23-13-19-6-4-10-27-19/h3,5,7-9,11-12,19H,4,6,10,13-15H2,1-2H3,(H,23,28)/t19-/m0/s1. The van der Waals surface area contributed by atoms with Crippen molar-refractivity contribution in [3.63, 3.8) is 0 Å². The molecule has 7 heteroatoms. The minimum atomic E-state index is 0.230. The zero-order valence-electron chi connectivity index (χ0n) is 16.4. The first kappa shape index (κ1) is 20.4. The fraction of sp³-hybridized carbons (Fsp3) is 0.429. The van der Waals surface area contributed by atoms with E-state index in [2.05, 4.69) is 15.2 Å². The molecule has 2 aromatic rings. The van der Waals surface area contributed by atoms with Crippen LogP contribution in [0.4, 0.5) is 0 Å². The van der Waals surface area contributed by atoms with Gasteiger partial charge in [-0.15, -0.1) is 0 Å². The Morgan fingerprint density at radius 1 is 1.29 bits per heavy atom. The summed E-state index contributed by atoms with van der Waals surface area (Å²) in [5, 5.41) is 4.06. The van der Waals surface area contributed by atoms with Gasteiger partial charge in [0.25, 0.3) is 0 Å². The number of ether oxygens (including phenoxy) is 3. The van der Waals surface area contributed by atoms with E-state index in [0.29, 0.717) is 18.2 Å². The number of thiocarbonyl (C=S) groups is 1. The first-order valence-electron chi connectivity index (χ1n) is 9.43. The van der Waals surface area contributed by atoms with Gasteiger partial charge in [-0.2, -0.15) is 0 Å². The summed E-state index contributed by atoms with van der Waals surface area (Å²) in [6.45, 7) is 2.82. The summed E-state index contributed by atoms with van der Waals surface area (Å²) in [7, 11) is 3.31. The topological polar surface area (TPSA) is 55.9 Å². The van der Waals surface area contributed by atoms with Crippen molar-refractivity contribution in [3.8, 4) is 11.5 Å². The summed E-state index contributed by atoms with van der Waals surface area (Å²) in [6.07, 6.45) is 6.05. The van der Waals surface area contributed by atoms with Crippen LogP contribution in [0.5, 0.6) is 11.5 Å². The lowest BCUT2D eigenvalue weighted by atomic mass is 10.1. The van der Waals surface area contributed by atoms with E-state index >= 15 is 0 Å². The molecule has 6 nitrogen and oxygen atoms in total. The minimum Gasteiger partial charge on any atom is -0.497 e. The van der Waals surface area contributed by atoms with E-state index < -0.39 is 0 Å². The Morgan fingerprint density at radius 3 is 2.86 bits per heavy atom. The first-order valence-corrected chi connectivity index (χ1v) is 9.84. The minimum absolute atomic E-state index is 0.230. The van der Waals surface area contributed by atoms with Gasteiger partial charge in [-0.05, 0) is 48.8 Å². The number of rotatable bonds is 8. The second-order valence-electron chi connectivity index (χ2n) is 6.72. The SMILES string of the molecule is COc1ccc(CN(Cc2cccnc2)C(=S)NC[C@@H]2CCCO2)c(OC)c1. The first-order chi connectivity index (χ1) is 13.7.